The second-order valence-electron chi connectivity index (χ2n) is 6.40. The van der Waals surface area contributed by atoms with Crippen LogP contribution < -0.4 is 10.1 Å². The van der Waals surface area contributed by atoms with Crippen molar-refractivity contribution in [2.24, 2.45) is 11.8 Å². The van der Waals surface area contributed by atoms with Crippen molar-refractivity contribution in [3.63, 3.8) is 0 Å². The minimum Gasteiger partial charge on any atom is -0.493 e. The number of rotatable bonds is 2. The fourth-order valence-corrected chi connectivity index (χ4v) is 3.54. The van der Waals surface area contributed by atoms with Gasteiger partial charge in [-0.25, -0.2) is 0 Å². The first-order chi connectivity index (χ1) is 9.24. The van der Waals surface area contributed by atoms with Crippen molar-refractivity contribution in [3.05, 3.63) is 29.8 Å². The molecule has 2 aliphatic rings. The molecule has 1 aliphatic carbocycles. The molecule has 19 heavy (non-hydrogen) atoms. The molecule has 1 heterocycles. The van der Waals surface area contributed by atoms with Gasteiger partial charge in [0.1, 0.15) is 5.75 Å². The summed E-state index contributed by atoms with van der Waals surface area (Å²) in [7, 11) is 0. The molecule has 0 aromatic heterocycles. The minimum absolute atomic E-state index is 0.475. The van der Waals surface area contributed by atoms with Gasteiger partial charge >= 0.3 is 0 Å². The molecule has 1 aromatic rings. The lowest BCUT2D eigenvalue weighted by molar-refractivity contribution is 0.186. The third-order valence-electron chi connectivity index (χ3n) is 4.83. The van der Waals surface area contributed by atoms with Gasteiger partial charge < -0.3 is 10.1 Å². The van der Waals surface area contributed by atoms with Gasteiger partial charge in [-0.05, 0) is 30.7 Å². The van der Waals surface area contributed by atoms with Crippen LogP contribution in [0.5, 0.6) is 5.75 Å². The van der Waals surface area contributed by atoms with E-state index >= 15 is 0 Å². The first-order valence-corrected chi connectivity index (χ1v) is 7.72. The second-order valence-corrected chi connectivity index (χ2v) is 6.40. The smallest absolute Gasteiger partial charge is 0.124 e. The molecule has 0 saturated heterocycles. The van der Waals surface area contributed by atoms with Crippen molar-refractivity contribution in [2.75, 3.05) is 6.61 Å². The maximum Gasteiger partial charge on any atom is 0.124 e. The highest BCUT2D eigenvalue weighted by Crippen LogP contribution is 2.35. The van der Waals surface area contributed by atoms with Gasteiger partial charge in [-0.15, -0.1) is 0 Å². The Morgan fingerprint density at radius 1 is 1.11 bits per heavy atom. The summed E-state index contributed by atoms with van der Waals surface area (Å²) in [5.41, 5.74) is 1.35. The Balaban J connectivity index is 1.73. The van der Waals surface area contributed by atoms with Crippen molar-refractivity contribution in [2.45, 2.75) is 51.6 Å². The fourth-order valence-electron chi connectivity index (χ4n) is 3.54. The molecule has 104 valence electrons. The van der Waals surface area contributed by atoms with Crippen LogP contribution in [0.25, 0.3) is 0 Å². The summed E-state index contributed by atoms with van der Waals surface area (Å²) >= 11 is 0. The molecular formula is C17H25NO. The molecule has 4 atom stereocenters. The van der Waals surface area contributed by atoms with Crippen LogP contribution in [0.4, 0.5) is 0 Å². The highest BCUT2D eigenvalue weighted by molar-refractivity contribution is 5.37. The molecule has 1 aromatic carbocycles. The quantitative estimate of drug-likeness (QED) is 0.869. The highest BCUT2D eigenvalue weighted by atomic mass is 16.5. The third-order valence-corrected chi connectivity index (χ3v) is 4.83. The van der Waals surface area contributed by atoms with Crippen molar-refractivity contribution in [1.29, 1.82) is 0 Å². The molecule has 1 saturated carbocycles. The third kappa shape index (κ3) is 2.79. The Morgan fingerprint density at radius 2 is 1.95 bits per heavy atom. The van der Waals surface area contributed by atoms with E-state index in [-0.39, 0.29) is 0 Å². The predicted molar refractivity (Wildman–Crippen MR) is 78.4 cm³/mol. The molecule has 0 spiro atoms. The van der Waals surface area contributed by atoms with Crippen molar-refractivity contribution < 1.29 is 4.74 Å². The Morgan fingerprint density at radius 3 is 2.84 bits per heavy atom. The summed E-state index contributed by atoms with van der Waals surface area (Å²) in [6, 6.07) is 9.63. The van der Waals surface area contributed by atoms with Gasteiger partial charge in [0.05, 0.1) is 6.61 Å². The summed E-state index contributed by atoms with van der Waals surface area (Å²) in [5.74, 6) is 2.73. The van der Waals surface area contributed by atoms with Gasteiger partial charge in [0.2, 0.25) is 0 Å². The van der Waals surface area contributed by atoms with Gasteiger partial charge in [-0.1, -0.05) is 38.5 Å². The highest BCUT2D eigenvalue weighted by Gasteiger charge is 2.29. The van der Waals surface area contributed by atoms with Crippen LogP contribution >= 0.6 is 0 Å². The molecule has 4 unspecified atom stereocenters. The lowest BCUT2D eigenvalue weighted by atomic mass is 9.79. The van der Waals surface area contributed by atoms with E-state index in [1.807, 2.05) is 0 Å². The van der Waals surface area contributed by atoms with Gasteiger partial charge in [0.15, 0.2) is 0 Å². The van der Waals surface area contributed by atoms with Crippen molar-refractivity contribution in [1.82, 2.24) is 5.32 Å². The maximum absolute atomic E-state index is 5.75. The monoisotopic (exact) mass is 259 g/mol. The summed E-state index contributed by atoms with van der Waals surface area (Å²) in [6.45, 7) is 5.62. The zero-order valence-corrected chi connectivity index (χ0v) is 12.1. The van der Waals surface area contributed by atoms with E-state index in [1.54, 1.807) is 0 Å². The molecule has 0 amide bonds. The van der Waals surface area contributed by atoms with E-state index < -0.39 is 0 Å². The number of hydrogen-bond acceptors (Lipinski definition) is 2. The molecule has 0 radical (unpaired) electrons. The van der Waals surface area contributed by atoms with Crippen molar-refractivity contribution in [3.8, 4) is 5.75 Å². The lowest BCUT2D eigenvalue weighted by Gasteiger charge is -2.37. The Hall–Kier alpha value is -1.02. The van der Waals surface area contributed by atoms with Crippen molar-refractivity contribution >= 4 is 0 Å². The average molecular weight is 259 g/mol. The van der Waals surface area contributed by atoms with Gasteiger partial charge in [0.25, 0.3) is 0 Å². The first kappa shape index (κ1) is 13.0. The zero-order chi connectivity index (χ0) is 13.2. The number of ether oxygens (including phenoxy) is 1. The van der Waals surface area contributed by atoms with Gasteiger partial charge in [-0.2, -0.15) is 0 Å². The molecule has 0 bridgehead atoms. The fraction of sp³-hybridized carbons (Fsp3) is 0.647. The molecule has 1 N–H and O–H groups in total. The van der Waals surface area contributed by atoms with Crippen LogP contribution in [0.15, 0.2) is 24.3 Å². The van der Waals surface area contributed by atoms with E-state index in [2.05, 4.69) is 43.4 Å². The van der Waals surface area contributed by atoms with E-state index in [0.717, 1.165) is 30.6 Å². The number of hydrogen-bond donors (Lipinski definition) is 1. The van der Waals surface area contributed by atoms with Crippen LogP contribution in [0.1, 0.15) is 51.1 Å². The standard InChI is InChI=1S/C17H25NO/c1-12-7-8-13(2)16(11-12)18-15-9-10-19-17-6-4-3-5-14(15)17/h3-6,12-13,15-16,18H,7-11H2,1-2H3. The number of nitrogens with one attached hydrogen (secondary N) is 1. The molecular weight excluding hydrogens is 234 g/mol. The zero-order valence-electron chi connectivity index (χ0n) is 12.1. The molecule has 2 heteroatoms. The van der Waals surface area contributed by atoms with Crippen LogP contribution in [0, 0.1) is 11.8 Å². The summed E-state index contributed by atoms with van der Waals surface area (Å²) < 4.78 is 5.75. The predicted octanol–water partition coefficient (Wildman–Crippen LogP) is 3.92. The van der Waals surface area contributed by atoms with E-state index in [9.17, 15) is 0 Å². The van der Waals surface area contributed by atoms with Crippen LogP contribution in [0.2, 0.25) is 0 Å². The topological polar surface area (TPSA) is 21.3 Å². The normalized spacial score (nSPS) is 34.4. The Labute approximate surface area is 116 Å². The lowest BCUT2D eigenvalue weighted by Crippen LogP contribution is -2.42. The Bertz CT molecular complexity index is 431. The average Bonchev–Trinajstić information content (AvgIpc) is 2.43. The molecule has 1 fully saturated rings. The Kier molecular flexibility index (Phi) is 3.79. The molecule has 3 rings (SSSR count). The molecule has 2 nitrogen and oxygen atoms in total. The van der Waals surface area contributed by atoms with Crippen LogP contribution in [-0.2, 0) is 0 Å². The first-order valence-electron chi connectivity index (χ1n) is 7.72. The number of benzene rings is 1. The van der Waals surface area contributed by atoms with E-state index in [0.29, 0.717) is 12.1 Å². The number of fused-ring (bicyclic) bond motifs is 1. The van der Waals surface area contributed by atoms with Gasteiger partial charge in [-0.3, -0.25) is 0 Å². The second kappa shape index (κ2) is 5.54. The molecule has 1 aliphatic heterocycles. The van der Waals surface area contributed by atoms with Gasteiger partial charge in [0, 0.05) is 24.1 Å². The summed E-state index contributed by atoms with van der Waals surface area (Å²) in [6.07, 6.45) is 5.17. The minimum atomic E-state index is 0.475. The van der Waals surface area contributed by atoms with E-state index in [1.165, 1.54) is 24.8 Å². The number of para-hydroxylation sites is 1. The summed E-state index contributed by atoms with van der Waals surface area (Å²) in [4.78, 5) is 0. The van der Waals surface area contributed by atoms with Crippen LogP contribution in [-0.4, -0.2) is 12.6 Å². The summed E-state index contributed by atoms with van der Waals surface area (Å²) in [5, 5.41) is 3.91. The van der Waals surface area contributed by atoms with E-state index in [4.69, 9.17) is 4.74 Å². The SMILES string of the molecule is CC1CCC(C)C(NC2CCOc3ccccc32)C1. The maximum atomic E-state index is 5.75. The van der Waals surface area contributed by atoms with Crippen LogP contribution in [0.3, 0.4) is 0 Å². The largest absolute Gasteiger partial charge is 0.493 e.